The molecule has 6 nitrogen and oxygen atoms in total. The number of benzene rings is 1. The van der Waals surface area contributed by atoms with Crippen molar-refractivity contribution < 1.29 is 9.59 Å². The van der Waals surface area contributed by atoms with Crippen molar-refractivity contribution in [3.63, 3.8) is 0 Å². The Labute approximate surface area is 149 Å². The van der Waals surface area contributed by atoms with Crippen molar-refractivity contribution in [2.75, 3.05) is 16.9 Å². The summed E-state index contributed by atoms with van der Waals surface area (Å²) in [5.41, 5.74) is 1.52. The molecule has 0 saturated carbocycles. The number of carbonyl (C=O) groups is 2. The molecule has 3 rings (SSSR count). The zero-order chi connectivity index (χ0) is 18.0. The van der Waals surface area contributed by atoms with Crippen LogP contribution in [-0.2, 0) is 11.8 Å². The lowest BCUT2D eigenvalue weighted by molar-refractivity contribution is -0.119. The van der Waals surface area contributed by atoms with Gasteiger partial charge in [0, 0.05) is 24.7 Å². The number of aryl methyl sites for hydroxylation is 2. The minimum absolute atomic E-state index is 0.0839. The highest BCUT2D eigenvalue weighted by Crippen LogP contribution is 2.24. The molecule has 1 aliphatic heterocycles. The molecule has 1 atom stereocenters. The number of thioether (sulfide) groups is 1. The van der Waals surface area contributed by atoms with Gasteiger partial charge in [-0.3, -0.25) is 14.4 Å². The molecule has 1 aromatic heterocycles. The standard InChI is InChI=1S/C18H19N3O3S/c1-12-5-7-13(8-6-12)19-16(22)15-10-25-11-21(15)18(24)14-4-3-9-20(2)17(14)23/h3-9,15H,10-11H2,1-2H3,(H,19,22). The van der Waals surface area contributed by atoms with E-state index in [4.69, 9.17) is 0 Å². The van der Waals surface area contributed by atoms with Gasteiger partial charge in [-0.25, -0.2) is 0 Å². The lowest BCUT2D eigenvalue weighted by Crippen LogP contribution is -2.46. The van der Waals surface area contributed by atoms with Gasteiger partial charge >= 0.3 is 0 Å². The summed E-state index contributed by atoms with van der Waals surface area (Å²) < 4.78 is 1.36. The predicted octanol–water partition coefficient (Wildman–Crippen LogP) is 1.85. The molecule has 0 spiro atoms. The van der Waals surface area contributed by atoms with Gasteiger partial charge in [-0.15, -0.1) is 11.8 Å². The predicted molar refractivity (Wildman–Crippen MR) is 98.8 cm³/mol. The summed E-state index contributed by atoms with van der Waals surface area (Å²) in [6.45, 7) is 1.97. The Bertz CT molecular complexity index is 861. The van der Waals surface area contributed by atoms with Crippen LogP contribution in [0.2, 0.25) is 0 Å². The SMILES string of the molecule is Cc1ccc(NC(=O)C2CSCN2C(=O)c2cccn(C)c2=O)cc1. The molecule has 0 radical (unpaired) electrons. The van der Waals surface area contributed by atoms with Crippen molar-refractivity contribution >= 4 is 29.3 Å². The summed E-state index contributed by atoms with van der Waals surface area (Å²) in [6.07, 6.45) is 1.60. The molecule has 1 unspecified atom stereocenters. The van der Waals surface area contributed by atoms with E-state index in [1.807, 2.05) is 31.2 Å². The topological polar surface area (TPSA) is 71.4 Å². The maximum Gasteiger partial charge on any atom is 0.263 e. The van der Waals surface area contributed by atoms with Gasteiger partial charge < -0.3 is 14.8 Å². The second-order valence-corrected chi connectivity index (χ2v) is 6.98. The minimum Gasteiger partial charge on any atom is -0.324 e. The van der Waals surface area contributed by atoms with Crippen molar-refractivity contribution in [1.29, 1.82) is 0 Å². The van der Waals surface area contributed by atoms with E-state index < -0.39 is 11.9 Å². The van der Waals surface area contributed by atoms with Crippen LogP contribution >= 0.6 is 11.8 Å². The summed E-state index contributed by atoms with van der Waals surface area (Å²) in [5.74, 6) is 0.254. The zero-order valence-electron chi connectivity index (χ0n) is 14.1. The summed E-state index contributed by atoms with van der Waals surface area (Å²) in [7, 11) is 1.60. The largest absolute Gasteiger partial charge is 0.324 e. The van der Waals surface area contributed by atoms with Crippen molar-refractivity contribution in [2.45, 2.75) is 13.0 Å². The highest BCUT2D eigenvalue weighted by atomic mass is 32.2. The number of nitrogens with zero attached hydrogens (tertiary/aromatic N) is 2. The molecule has 1 aliphatic rings. The first-order valence-corrected chi connectivity index (χ1v) is 9.05. The quantitative estimate of drug-likeness (QED) is 0.910. The maximum atomic E-state index is 12.8. The van der Waals surface area contributed by atoms with Gasteiger partial charge in [0.2, 0.25) is 5.91 Å². The van der Waals surface area contributed by atoms with Gasteiger partial charge in [0.25, 0.3) is 11.5 Å². The molecule has 25 heavy (non-hydrogen) atoms. The van der Waals surface area contributed by atoms with Gasteiger partial charge in [0.05, 0.1) is 5.88 Å². The van der Waals surface area contributed by atoms with E-state index in [0.29, 0.717) is 17.3 Å². The average Bonchev–Trinajstić information content (AvgIpc) is 3.08. The molecule has 2 amide bonds. The van der Waals surface area contributed by atoms with E-state index in [1.165, 1.54) is 27.3 Å². The first kappa shape index (κ1) is 17.3. The summed E-state index contributed by atoms with van der Waals surface area (Å²) in [4.78, 5) is 39.0. The van der Waals surface area contributed by atoms with Crippen LogP contribution in [0.25, 0.3) is 0 Å². The second-order valence-electron chi connectivity index (χ2n) is 5.98. The number of carbonyl (C=O) groups excluding carboxylic acids is 2. The number of hydrogen-bond acceptors (Lipinski definition) is 4. The second kappa shape index (κ2) is 7.14. The smallest absolute Gasteiger partial charge is 0.263 e. The molecule has 1 aromatic carbocycles. The fourth-order valence-electron chi connectivity index (χ4n) is 2.64. The third kappa shape index (κ3) is 3.61. The Kier molecular flexibility index (Phi) is 4.94. The number of aromatic nitrogens is 1. The molecule has 2 heterocycles. The van der Waals surface area contributed by atoms with E-state index in [1.54, 1.807) is 19.3 Å². The van der Waals surface area contributed by atoms with Crippen LogP contribution in [0, 0.1) is 6.92 Å². The highest BCUT2D eigenvalue weighted by molar-refractivity contribution is 7.99. The van der Waals surface area contributed by atoms with Crippen molar-refractivity contribution in [3.8, 4) is 0 Å². The molecule has 1 saturated heterocycles. The summed E-state index contributed by atoms with van der Waals surface area (Å²) in [5, 5.41) is 2.84. The van der Waals surface area contributed by atoms with Gasteiger partial charge in [-0.2, -0.15) is 0 Å². The van der Waals surface area contributed by atoms with Crippen LogP contribution in [0.1, 0.15) is 15.9 Å². The first-order valence-electron chi connectivity index (χ1n) is 7.89. The lowest BCUT2D eigenvalue weighted by atomic mass is 10.2. The Balaban J connectivity index is 1.78. The molecular weight excluding hydrogens is 338 g/mol. The van der Waals surface area contributed by atoms with Crippen LogP contribution < -0.4 is 10.9 Å². The number of pyridine rings is 1. The first-order chi connectivity index (χ1) is 12.0. The highest BCUT2D eigenvalue weighted by Gasteiger charge is 2.36. The minimum atomic E-state index is -0.594. The summed E-state index contributed by atoms with van der Waals surface area (Å²) >= 11 is 1.50. The fraction of sp³-hybridized carbons (Fsp3) is 0.278. The third-order valence-corrected chi connectivity index (χ3v) is 5.13. The Morgan fingerprint density at radius 2 is 1.92 bits per heavy atom. The number of hydrogen-bond donors (Lipinski definition) is 1. The monoisotopic (exact) mass is 357 g/mol. The van der Waals surface area contributed by atoms with Crippen LogP contribution in [0.5, 0.6) is 0 Å². The zero-order valence-corrected chi connectivity index (χ0v) is 14.9. The summed E-state index contributed by atoms with van der Waals surface area (Å²) in [6, 6.07) is 10.0. The molecule has 130 valence electrons. The Morgan fingerprint density at radius 1 is 1.20 bits per heavy atom. The lowest BCUT2D eigenvalue weighted by Gasteiger charge is -2.23. The molecule has 2 aromatic rings. The van der Waals surface area contributed by atoms with E-state index in [0.717, 1.165) is 5.56 Å². The maximum absolute atomic E-state index is 12.8. The van der Waals surface area contributed by atoms with E-state index in [2.05, 4.69) is 5.32 Å². The van der Waals surface area contributed by atoms with E-state index >= 15 is 0 Å². The fourth-order valence-corrected chi connectivity index (χ4v) is 3.79. The van der Waals surface area contributed by atoms with Crippen LogP contribution in [0.15, 0.2) is 47.4 Å². The van der Waals surface area contributed by atoms with Crippen LogP contribution in [0.4, 0.5) is 5.69 Å². The molecule has 1 fully saturated rings. The number of amides is 2. The number of rotatable bonds is 3. The number of nitrogens with one attached hydrogen (secondary N) is 1. The Hall–Kier alpha value is -2.54. The average molecular weight is 357 g/mol. The Morgan fingerprint density at radius 3 is 2.64 bits per heavy atom. The van der Waals surface area contributed by atoms with Gasteiger partial charge in [0.15, 0.2) is 0 Å². The number of anilines is 1. The van der Waals surface area contributed by atoms with Gasteiger partial charge in [0.1, 0.15) is 11.6 Å². The van der Waals surface area contributed by atoms with Gasteiger partial charge in [-0.1, -0.05) is 17.7 Å². The molecule has 0 aliphatic carbocycles. The van der Waals surface area contributed by atoms with Crippen molar-refractivity contribution in [1.82, 2.24) is 9.47 Å². The van der Waals surface area contributed by atoms with E-state index in [9.17, 15) is 14.4 Å². The molecule has 0 bridgehead atoms. The normalized spacial score (nSPS) is 16.7. The van der Waals surface area contributed by atoms with Crippen LogP contribution in [0.3, 0.4) is 0 Å². The van der Waals surface area contributed by atoms with E-state index in [-0.39, 0.29) is 17.0 Å². The molecule has 7 heteroatoms. The van der Waals surface area contributed by atoms with Crippen molar-refractivity contribution in [2.24, 2.45) is 7.05 Å². The third-order valence-electron chi connectivity index (χ3n) is 4.12. The van der Waals surface area contributed by atoms with Crippen LogP contribution in [-0.4, -0.2) is 39.0 Å². The molecular formula is C18H19N3O3S. The van der Waals surface area contributed by atoms with Crippen molar-refractivity contribution in [3.05, 3.63) is 64.1 Å². The van der Waals surface area contributed by atoms with Gasteiger partial charge in [-0.05, 0) is 31.2 Å². The molecule has 1 N–H and O–H groups in total.